The van der Waals surface area contributed by atoms with E-state index < -0.39 is 5.97 Å². The van der Waals surface area contributed by atoms with Crippen LogP contribution >= 0.6 is 15.9 Å². The van der Waals surface area contributed by atoms with Gasteiger partial charge in [0.25, 0.3) is 0 Å². The van der Waals surface area contributed by atoms with Gasteiger partial charge in [-0.1, -0.05) is 0 Å². The molecule has 0 amide bonds. The Balaban J connectivity index is 2.24. The zero-order chi connectivity index (χ0) is 10.8. The summed E-state index contributed by atoms with van der Waals surface area (Å²) in [6, 6.07) is 1.78. The van der Waals surface area contributed by atoms with Crippen LogP contribution in [-0.4, -0.2) is 20.6 Å². The molecule has 0 aliphatic heterocycles. The lowest BCUT2D eigenvalue weighted by Crippen LogP contribution is -2.09. The zero-order valence-corrected chi connectivity index (χ0v) is 9.14. The zero-order valence-electron chi connectivity index (χ0n) is 7.55. The molecule has 0 aromatic carbocycles. The lowest BCUT2D eigenvalue weighted by Gasteiger charge is -2.01. The van der Waals surface area contributed by atoms with Crippen molar-refractivity contribution in [2.45, 2.75) is 6.54 Å². The lowest BCUT2D eigenvalue weighted by molar-refractivity contribution is 0.0679. The Labute approximate surface area is 93.5 Å². The van der Waals surface area contributed by atoms with Crippen LogP contribution in [0.15, 0.2) is 33.8 Å². The molecular weight excluding hydrogens is 264 g/mol. The van der Waals surface area contributed by atoms with E-state index in [9.17, 15) is 4.79 Å². The highest BCUT2D eigenvalue weighted by Crippen LogP contribution is 2.15. The van der Waals surface area contributed by atoms with Crippen molar-refractivity contribution >= 4 is 21.9 Å². The first kappa shape index (κ1) is 9.97. The normalized spacial score (nSPS) is 10.5. The molecule has 0 radical (unpaired) electrons. The summed E-state index contributed by atoms with van der Waals surface area (Å²) in [4.78, 5) is 14.5. The maximum Gasteiger partial charge on any atom is 0.372 e. The second-order valence-corrected chi connectivity index (χ2v) is 3.72. The molecule has 1 N–H and O–H groups in total. The number of rotatable bonds is 3. The monoisotopic (exact) mass is 270 g/mol. The molecular formula is C9H7BrN2O3. The van der Waals surface area contributed by atoms with E-state index in [0.717, 1.165) is 5.56 Å². The van der Waals surface area contributed by atoms with Crippen LogP contribution in [0.4, 0.5) is 0 Å². The number of aromatic nitrogens is 2. The Morgan fingerprint density at radius 2 is 2.47 bits per heavy atom. The Kier molecular flexibility index (Phi) is 2.59. The van der Waals surface area contributed by atoms with Gasteiger partial charge in [-0.3, -0.25) is 0 Å². The first-order chi connectivity index (χ1) is 7.16. The summed E-state index contributed by atoms with van der Waals surface area (Å²) >= 11 is 3.18. The third kappa shape index (κ3) is 2.10. The van der Waals surface area contributed by atoms with Gasteiger partial charge < -0.3 is 14.1 Å². The Morgan fingerprint density at radius 3 is 3.07 bits per heavy atom. The molecule has 15 heavy (non-hydrogen) atoms. The van der Waals surface area contributed by atoms with Gasteiger partial charge in [-0.15, -0.1) is 0 Å². The van der Waals surface area contributed by atoms with Gasteiger partial charge in [0.05, 0.1) is 12.8 Å². The minimum Gasteiger partial charge on any atom is -0.475 e. The van der Waals surface area contributed by atoms with E-state index in [0.29, 0.717) is 11.2 Å². The summed E-state index contributed by atoms with van der Waals surface area (Å²) in [5, 5.41) is 8.82. The van der Waals surface area contributed by atoms with Crippen LogP contribution in [0.3, 0.4) is 0 Å². The highest BCUT2D eigenvalue weighted by molar-refractivity contribution is 9.10. The number of hydrogen-bond donors (Lipinski definition) is 1. The minimum absolute atomic E-state index is 0.0207. The molecule has 5 nitrogen and oxygen atoms in total. The van der Waals surface area contributed by atoms with E-state index in [2.05, 4.69) is 20.9 Å². The van der Waals surface area contributed by atoms with Crippen molar-refractivity contribution in [1.82, 2.24) is 9.55 Å². The molecule has 0 unspecified atom stereocenters. The van der Waals surface area contributed by atoms with Crippen molar-refractivity contribution < 1.29 is 14.3 Å². The number of carbonyl (C=O) groups is 1. The Bertz CT molecular complexity index is 489. The fourth-order valence-corrected chi connectivity index (χ4v) is 1.65. The lowest BCUT2D eigenvalue weighted by atomic mass is 10.3. The van der Waals surface area contributed by atoms with Crippen LogP contribution in [0.5, 0.6) is 0 Å². The first-order valence-electron chi connectivity index (χ1n) is 4.14. The van der Waals surface area contributed by atoms with E-state index in [1.165, 1.54) is 6.20 Å². The van der Waals surface area contributed by atoms with Crippen LogP contribution in [0.25, 0.3) is 0 Å². The Hall–Kier alpha value is -1.56. The van der Waals surface area contributed by atoms with Crippen LogP contribution in [0.1, 0.15) is 16.2 Å². The maximum atomic E-state index is 10.8. The molecule has 0 spiro atoms. The Morgan fingerprint density at radius 1 is 1.67 bits per heavy atom. The quantitative estimate of drug-likeness (QED) is 0.926. The van der Waals surface area contributed by atoms with Gasteiger partial charge in [0.1, 0.15) is 0 Å². The number of aromatic carboxylic acids is 1. The summed E-state index contributed by atoms with van der Waals surface area (Å²) in [7, 11) is 0. The summed E-state index contributed by atoms with van der Waals surface area (Å²) in [6.07, 6.45) is 4.64. The third-order valence-corrected chi connectivity index (χ3v) is 2.30. The molecule has 0 aliphatic rings. The smallest absolute Gasteiger partial charge is 0.372 e. The average molecular weight is 271 g/mol. The number of imidazole rings is 1. The summed E-state index contributed by atoms with van der Waals surface area (Å²) in [5.41, 5.74) is 0.877. The second kappa shape index (κ2) is 3.90. The topological polar surface area (TPSA) is 68.3 Å². The van der Waals surface area contributed by atoms with Crippen molar-refractivity contribution in [3.05, 3.63) is 40.8 Å². The number of carboxylic acids is 1. The molecule has 0 saturated heterocycles. The number of halogens is 1. The number of nitrogens with zero attached hydrogens (tertiary/aromatic N) is 2. The van der Waals surface area contributed by atoms with Crippen molar-refractivity contribution in [2.75, 3.05) is 0 Å². The number of hydrogen-bond acceptors (Lipinski definition) is 3. The second-order valence-electron chi connectivity index (χ2n) is 2.94. The molecule has 2 heterocycles. The van der Waals surface area contributed by atoms with Gasteiger partial charge in [0.2, 0.25) is 5.82 Å². The van der Waals surface area contributed by atoms with Crippen molar-refractivity contribution in [2.24, 2.45) is 0 Å². The van der Waals surface area contributed by atoms with E-state index in [-0.39, 0.29) is 5.82 Å². The standard InChI is InChI=1S/C9H7BrN2O3/c10-7-3-6(5-15-7)4-12-2-1-11-8(12)9(13)14/h1-3,5H,4H2,(H,13,14). The minimum atomic E-state index is -1.04. The number of furan rings is 1. The van der Waals surface area contributed by atoms with Gasteiger partial charge in [0.15, 0.2) is 4.67 Å². The predicted octanol–water partition coefficient (Wildman–Crippen LogP) is 1.99. The van der Waals surface area contributed by atoms with Gasteiger partial charge >= 0.3 is 5.97 Å². The van der Waals surface area contributed by atoms with Gasteiger partial charge in [-0.2, -0.15) is 0 Å². The molecule has 0 bridgehead atoms. The maximum absolute atomic E-state index is 10.8. The van der Waals surface area contributed by atoms with Crippen LogP contribution in [0.2, 0.25) is 0 Å². The average Bonchev–Trinajstić information content (AvgIpc) is 2.75. The van der Waals surface area contributed by atoms with E-state index in [1.807, 2.05) is 0 Å². The predicted molar refractivity (Wildman–Crippen MR) is 54.7 cm³/mol. The van der Waals surface area contributed by atoms with Crippen molar-refractivity contribution in [3.63, 3.8) is 0 Å². The van der Waals surface area contributed by atoms with Crippen LogP contribution in [-0.2, 0) is 6.54 Å². The van der Waals surface area contributed by atoms with Crippen LogP contribution < -0.4 is 0 Å². The van der Waals surface area contributed by atoms with Crippen molar-refractivity contribution in [1.29, 1.82) is 0 Å². The molecule has 0 fully saturated rings. The van der Waals surface area contributed by atoms with Gasteiger partial charge in [-0.05, 0) is 22.0 Å². The summed E-state index contributed by atoms with van der Waals surface area (Å²) in [5.74, 6) is -1.02. The SMILES string of the molecule is O=C(O)c1nccn1Cc1coc(Br)c1. The molecule has 2 aromatic rings. The highest BCUT2D eigenvalue weighted by Gasteiger charge is 2.11. The van der Waals surface area contributed by atoms with E-state index in [4.69, 9.17) is 9.52 Å². The van der Waals surface area contributed by atoms with Gasteiger partial charge in [0, 0.05) is 18.0 Å². The molecule has 78 valence electrons. The highest BCUT2D eigenvalue weighted by atomic mass is 79.9. The van der Waals surface area contributed by atoms with Crippen LogP contribution in [0, 0.1) is 0 Å². The molecule has 0 atom stereocenters. The summed E-state index contributed by atoms with van der Waals surface area (Å²) < 4.78 is 7.21. The molecule has 6 heteroatoms. The molecule has 0 saturated carbocycles. The fourth-order valence-electron chi connectivity index (χ4n) is 1.26. The number of carboxylic acid groups (broad SMARTS) is 1. The fraction of sp³-hybridized carbons (Fsp3) is 0.111. The van der Waals surface area contributed by atoms with Gasteiger partial charge in [-0.25, -0.2) is 9.78 Å². The molecule has 0 aliphatic carbocycles. The largest absolute Gasteiger partial charge is 0.475 e. The first-order valence-corrected chi connectivity index (χ1v) is 4.93. The third-order valence-electron chi connectivity index (χ3n) is 1.88. The molecule has 2 rings (SSSR count). The summed E-state index contributed by atoms with van der Waals surface area (Å²) in [6.45, 7) is 0.427. The molecule has 2 aromatic heterocycles. The van der Waals surface area contributed by atoms with E-state index >= 15 is 0 Å². The van der Waals surface area contributed by atoms with Crippen molar-refractivity contribution in [3.8, 4) is 0 Å². The van der Waals surface area contributed by atoms with E-state index in [1.54, 1.807) is 23.1 Å².